The van der Waals surface area contributed by atoms with Gasteiger partial charge in [0.2, 0.25) is 0 Å². The first kappa shape index (κ1) is 18.4. The van der Waals surface area contributed by atoms with Crippen LogP contribution in [0.25, 0.3) is 0 Å². The minimum Gasteiger partial charge on any atom is -0.362 e. The van der Waals surface area contributed by atoms with E-state index < -0.39 is 16.6 Å². The number of nitro benzene ring substituents is 1. The van der Waals surface area contributed by atoms with E-state index >= 15 is 0 Å². The molecule has 26 heavy (non-hydrogen) atoms. The van der Waals surface area contributed by atoms with Crippen LogP contribution in [0.3, 0.4) is 0 Å². The molecule has 1 amide bonds. The lowest BCUT2D eigenvalue weighted by molar-refractivity contribution is -0.384. The summed E-state index contributed by atoms with van der Waals surface area (Å²) in [4.78, 5) is 26.6. The summed E-state index contributed by atoms with van der Waals surface area (Å²) in [6.45, 7) is 1.42. The Morgan fingerprint density at radius 1 is 1.04 bits per heavy atom. The first-order valence-corrected chi connectivity index (χ1v) is 8.55. The zero-order chi connectivity index (χ0) is 18.8. The molecule has 6 nitrogen and oxygen atoms in total. The highest BCUT2D eigenvalue weighted by Gasteiger charge is 2.27. The van der Waals surface area contributed by atoms with Gasteiger partial charge < -0.3 is 9.80 Å². The van der Waals surface area contributed by atoms with Gasteiger partial charge in [0.25, 0.3) is 11.6 Å². The predicted octanol–water partition coefficient (Wildman–Crippen LogP) is 4.00. The second-order valence-corrected chi connectivity index (χ2v) is 6.67. The van der Waals surface area contributed by atoms with Crippen LogP contribution in [0.15, 0.2) is 36.4 Å². The number of nitrogens with zero attached hydrogens (tertiary/aromatic N) is 3. The number of piperazine rings is 1. The van der Waals surface area contributed by atoms with E-state index in [1.165, 1.54) is 23.1 Å². The molecule has 1 heterocycles. The largest absolute Gasteiger partial charge is 0.362 e. The minimum atomic E-state index is -0.668. The predicted molar refractivity (Wildman–Crippen MR) is 97.6 cm³/mol. The Bertz CT molecular complexity index is 870. The average Bonchev–Trinajstić information content (AvgIpc) is 2.61. The van der Waals surface area contributed by atoms with Crippen LogP contribution < -0.4 is 4.90 Å². The number of anilines is 1. The van der Waals surface area contributed by atoms with Gasteiger partial charge in [-0.1, -0.05) is 23.2 Å². The molecule has 2 aromatic rings. The molecular weight excluding hydrogens is 384 g/mol. The van der Waals surface area contributed by atoms with Crippen LogP contribution in [0.4, 0.5) is 15.8 Å². The van der Waals surface area contributed by atoms with Crippen molar-refractivity contribution in [1.29, 1.82) is 0 Å². The number of nitro groups is 1. The molecule has 0 bridgehead atoms. The highest BCUT2D eigenvalue weighted by Crippen LogP contribution is 2.31. The molecule has 0 N–H and O–H groups in total. The molecule has 0 atom stereocenters. The summed E-state index contributed by atoms with van der Waals surface area (Å²) in [7, 11) is 0. The molecule has 2 aromatic carbocycles. The molecule has 1 aliphatic heterocycles. The van der Waals surface area contributed by atoms with Crippen LogP contribution in [-0.4, -0.2) is 41.9 Å². The topological polar surface area (TPSA) is 66.7 Å². The van der Waals surface area contributed by atoms with Gasteiger partial charge in [0.1, 0.15) is 11.5 Å². The Morgan fingerprint density at radius 3 is 2.27 bits per heavy atom. The third-order valence-electron chi connectivity index (χ3n) is 4.20. The van der Waals surface area contributed by atoms with E-state index in [2.05, 4.69) is 0 Å². The summed E-state index contributed by atoms with van der Waals surface area (Å²) in [5, 5.41) is 11.7. The molecule has 136 valence electrons. The van der Waals surface area contributed by atoms with Gasteiger partial charge in [0, 0.05) is 42.3 Å². The van der Waals surface area contributed by atoms with Crippen LogP contribution in [0.5, 0.6) is 0 Å². The van der Waals surface area contributed by atoms with E-state index in [9.17, 15) is 19.3 Å². The number of carbonyl (C=O) groups is 1. The van der Waals surface area contributed by atoms with Crippen molar-refractivity contribution < 1.29 is 14.1 Å². The van der Waals surface area contributed by atoms with E-state index in [0.717, 1.165) is 6.07 Å². The third-order valence-corrected chi connectivity index (χ3v) is 4.67. The molecule has 0 spiro atoms. The van der Waals surface area contributed by atoms with Gasteiger partial charge in [-0.15, -0.1) is 0 Å². The molecule has 0 saturated carbocycles. The Kier molecular flexibility index (Phi) is 5.29. The summed E-state index contributed by atoms with van der Waals surface area (Å²) >= 11 is 11.5. The summed E-state index contributed by atoms with van der Waals surface area (Å²) in [5.74, 6) is -1.09. The fourth-order valence-corrected chi connectivity index (χ4v) is 3.22. The van der Waals surface area contributed by atoms with E-state index in [-0.39, 0.29) is 21.3 Å². The summed E-state index contributed by atoms with van der Waals surface area (Å²) in [6.07, 6.45) is 0. The Hall–Kier alpha value is -2.38. The van der Waals surface area contributed by atoms with Gasteiger partial charge in [-0.2, -0.15) is 0 Å². The maximum atomic E-state index is 13.9. The molecule has 3 rings (SSSR count). The van der Waals surface area contributed by atoms with Crippen molar-refractivity contribution in [3.63, 3.8) is 0 Å². The van der Waals surface area contributed by atoms with E-state index in [4.69, 9.17) is 23.2 Å². The van der Waals surface area contributed by atoms with E-state index in [0.29, 0.717) is 31.9 Å². The number of rotatable bonds is 3. The Labute approximate surface area is 158 Å². The Morgan fingerprint density at radius 2 is 1.65 bits per heavy atom. The van der Waals surface area contributed by atoms with Crippen molar-refractivity contribution in [3.05, 3.63) is 67.9 Å². The van der Waals surface area contributed by atoms with Crippen LogP contribution in [0.2, 0.25) is 10.0 Å². The molecule has 1 saturated heterocycles. The smallest absolute Gasteiger partial charge is 0.294 e. The van der Waals surface area contributed by atoms with Crippen molar-refractivity contribution in [3.8, 4) is 0 Å². The van der Waals surface area contributed by atoms with E-state index in [1.54, 1.807) is 12.1 Å². The Balaban J connectivity index is 1.73. The fraction of sp³-hybridized carbons (Fsp3) is 0.235. The van der Waals surface area contributed by atoms with Gasteiger partial charge in [0.15, 0.2) is 0 Å². The van der Waals surface area contributed by atoms with Gasteiger partial charge in [-0.3, -0.25) is 14.9 Å². The summed E-state index contributed by atoms with van der Waals surface area (Å²) in [5.41, 5.74) is 0.325. The lowest BCUT2D eigenvalue weighted by atomic mass is 10.1. The van der Waals surface area contributed by atoms with Crippen molar-refractivity contribution in [1.82, 2.24) is 4.90 Å². The maximum absolute atomic E-state index is 13.9. The van der Waals surface area contributed by atoms with Crippen LogP contribution >= 0.6 is 23.2 Å². The van der Waals surface area contributed by atoms with Crippen molar-refractivity contribution in [2.45, 2.75) is 0 Å². The van der Waals surface area contributed by atoms with Crippen LogP contribution in [0, 0.1) is 15.9 Å². The molecule has 1 aliphatic rings. The molecule has 0 aliphatic carbocycles. The van der Waals surface area contributed by atoms with Gasteiger partial charge in [0.05, 0.1) is 10.5 Å². The van der Waals surface area contributed by atoms with Gasteiger partial charge in [-0.05, 0) is 30.3 Å². The number of hydrogen-bond donors (Lipinski definition) is 0. The molecule has 0 radical (unpaired) electrons. The van der Waals surface area contributed by atoms with E-state index in [1.807, 2.05) is 4.90 Å². The fourth-order valence-electron chi connectivity index (χ4n) is 2.89. The van der Waals surface area contributed by atoms with Gasteiger partial charge in [-0.25, -0.2) is 4.39 Å². The lowest BCUT2D eigenvalue weighted by Gasteiger charge is -2.35. The monoisotopic (exact) mass is 397 g/mol. The molecule has 0 aromatic heterocycles. The van der Waals surface area contributed by atoms with Crippen LogP contribution in [0.1, 0.15) is 10.4 Å². The summed E-state index contributed by atoms with van der Waals surface area (Å²) in [6, 6.07) is 8.41. The quantitative estimate of drug-likeness (QED) is 0.579. The molecule has 0 unspecified atom stereocenters. The van der Waals surface area contributed by atoms with Crippen molar-refractivity contribution in [2.24, 2.45) is 0 Å². The zero-order valence-electron chi connectivity index (χ0n) is 13.5. The van der Waals surface area contributed by atoms with Crippen molar-refractivity contribution in [2.75, 3.05) is 31.1 Å². The summed E-state index contributed by atoms with van der Waals surface area (Å²) < 4.78 is 13.9. The first-order valence-electron chi connectivity index (χ1n) is 7.80. The van der Waals surface area contributed by atoms with Crippen molar-refractivity contribution >= 4 is 40.5 Å². The highest BCUT2D eigenvalue weighted by molar-refractivity contribution is 6.31. The lowest BCUT2D eigenvalue weighted by Crippen LogP contribution is -2.49. The number of amides is 1. The van der Waals surface area contributed by atoms with Gasteiger partial charge >= 0.3 is 0 Å². The molecular formula is C17H14Cl2FN3O3. The standard InChI is InChI=1S/C17H14Cl2FN3O3/c18-11-1-3-13(14(20)9-11)17(24)22-7-5-21(6-8-22)15-4-2-12(19)10-16(15)23(25)26/h1-4,9-10H,5-8H2. The number of halogens is 3. The number of benzene rings is 2. The second kappa shape index (κ2) is 7.47. The number of hydrogen-bond acceptors (Lipinski definition) is 4. The second-order valence-electron chi connectivity index (χ2n) is 5.79. The first-order chi connectivity index (χ1) is 12.4. The number of carbonyl (C=O) groups excluding carboxylic acids is 1. The zero-order valence-corrected chi connectivity index (χ0v) is 15.0. The minimum absolute atomic E-state index is 0.0414. The molecule has 1 fully saturated rings. The molecule has 9 heteroatoms. The average molecular weight is 398 g/mol. The normalized spacial score (nSPS) is 14.4. The third kappa shape index (κ3) is 3.73. The SMILES string of the molecule is O=C(c1ccc(Cl)cc1F)N1CCN(c2ccc(Cl)cc2[N+](=O)[O-])CC1. The van der Waals surface area contributed by atoms with Crippen LogP contribution in [-0.2, 0) is 0 Å². The maximum Gasteiger partial charge on any atom is 0.294 e. The highest BCUT2D eigenvalue weighted by atomic mass is 35.5.